The van der Waals surface area contributed by atoms with Crippen molar-refractivity contribution in [2.24, 2.45) is 0 Å². The second-order valence-electron chi connectivity index (χ2n) is 4.03. The molecular weight excluding hydrogens is 290 g/mol. The van der Waals surface area contributed by atoms with Crippen molar-refractivity contribution in [2.75, 3.05) is 5.32 Å². The van der Waals surface area contributed by atoms with Crippen LogP contribution < -0.4 is 5.32 Å². The summed E-state index contributed by atoms with van der Waals surface area (Å²) in [6.07, 6.45) is 0. The fourth-order valence-corrected chi connectivity index (χ4v) is 2.32. The van der Waals surface area contributed by atoms with Crippen molar-refractivity contribution in [3.05, 3.63) is 59.9 Å². The summed E-state index contributed by atoms with van der Waals surface area (Å²) >= 11 is -0.171. The van der Waals surface area contributed by atoms with Gasteiger partial charge in [-0.15, -0.1) is 0 Å². The Morgan fingerprint density at radius 1 is 1.00 bits per heavy atom. The lowest BCUT2D eigenvalue weighted by atomic mass is 10.2. The Morgan fingerprint density at radius 3 is 2.45 bits per heavy atom. The van der Waals surface area contributed by atoms with Gasteiger partial charge in [0.05, 0.1) is 0 Å². The van der Waals surface area contributed by atoms with Crippen molar-refractivity contribution >= 4 is 17.4 Å². The molecule has 0 spiro atoms. The second kappa shape index (κ2) is 6.17. The average molecular weight is 301 g/mol. The van der Waals surface area contributed by atoms with E-state index in [0.29, 0.717) is 11.3 Å². The van der Waals surface area contributed by atoms with Crippen molar-refractivity contribution < 1.29 is 17.6 Å². The first-order valence-corrected chi connectivity index (χ1v) is 6.59. The molecule has 0 atom stereocenters. The number of anilines is 1. The number of rotatable bonds is 4. The minimum absolute atomic E-state index is 0.0939. The first-order chi connectivity index (χ1) is 9.44. The molecule has 20 heavy (non-hydrogen) atoms. The third-order valence-electron chi connectivity index (χ3n) is 2.48. The van der Waals surface area contributed by atoms with E-state index in [-0.39, 0.29) is 29.0 Å². The number of hydrogen-bond acceptors (Lipinski definition) is 2. The van der Waals surface area contributed by atoms with E-state index < -0.39 is 5.51 Å². The summed E-state index contributed by atoms with van der Waals surface area (Å²) in [6, 6.07) is 12.1. The summed E-state index contributed by atoms with van der Waals surface area (Å²) in [5, 5.41) is 2.89. The maximum atomic E-state index is 13.0. The van der Waals surface area contributed by atoms with Crippen LogP contribution >= 0.6 is 11.8 Å². The fourth-order valence-electron chi connectivity index (χ4n) is 1.67. The van der Waals surface area contributed by atoms with Gasteiger partial charge in [-0.25, -0.2) is 4.39 Å². The number of thioether (sulfide) groups is 1. The van der Waals surface area contributed by atoms with Crippen LogP contribution in [0.1, 0.15) is 5.56 Å². The molecular formula is C14H11F4NS. The highest BCUT2D eigenvalue weighted by Crippen LogP contribution is 2.40. The van der Waals surface area contributed by atoms with Gasteiger partial charge in [-0.3, -0.25) is 0 Å². The van der Waals surface area contributed by atoms with E-state index in [1.165, 1.54) is 18.2 Å². The van der Waals surface area contributed by atoms with Crippen LogP contribution in [0.3, 0.4) is 0 Å². The highest BCUT2D eigenvalue weighted by Gasteiger charge is 2.30. The Labute approximate surface area is 118 Å². The summed E-state index contributed by atoms with van der Waals surface area (Å²) in [5.41, 5.74) is -3.30. The molecule has 1 N–H and O–H groups in total. The SMILES string of the molecule is Fc1cccc(CNc2ccccc2SC(F)(F)F)c1. The van der Waals surface area contributed by atoms with E-state index in [0.717, 1.165) is 0 Å². The molecule has 2 rings (SSSR count). The zero-order chi connectivity index (χ0) is 14.6. The van der Waals surface area contributed by atoms with Crippen molar-refractivity contribution in [2.45, 2.75) is 16.9 Å². The molecule has 2 aromatic carbocycles. The summed E-state index contributed by atoms with van der Waals surface area (Å²) in [5.74, 6) is -0.373. The van der Waals surface area contributed by atoms with Gasteiger partial charge >= 0.3 is 5.51 Å². The molecule has 0 bridgehead atoms. The molecule has 2 aromatic rings. The lowest BCUT2D eigenvalue weighted by Crippen LogP contribution is -2.04. The summed E-state index contributed by atoms with van der Waals surface area (Å²) in [6.45, 7) is 0.257. The molecule has 0 saturated carbocycles. The second-order valence-corrected chi connectivity index (χ2v) is 5.13. The molecule has 0 radical (unpaired) electrons. The first kappa shape index (κ1) is 14.7. The molecule has 0 amide bonds. The van der Waals surface area contributed by atoms with Crippen LogP contribution in [0.15, 0.2) is 53.4 Å². The van der Waals surface area contributed by atoms with Gasteiger partial charge in [0.2, 0.25) is 0 Å². The third-order valence-corrected chi connectivity index (χ3v) is 3.29. The van der Waals surface area contributed by atoms with E-state index in [1.807, 2.05) is 0 Å². The molecule has 106 valence electrons. The standard InChI is InChI=1S/C14H11F4NS/c15-11-5-3-4-10(8-11)9-19-12-6-1-2-7-13(12)20-14(16,17)18/h1-8,19H,9H2. The lowest BCUT2D eigenvalue weighted by molar-refractivity contribution is -0.0327. The number of nitrogens with one attached hydrogen (secondary N) is 1. The molecule has 1 nitrogen and oxygen atoms in total. The van der Waals surface area contributed by atoms with E-state index >= 15 is 0 Å². The average Bonchev–Trinajstić information content (AvgIpc) is 2.36. The van der Waals surface area contributed by atoms with Gasteiger partial charge in [-0.1, -0.05) is 24.3 Å². The van der Waals surface area contributed by atoms with Crippen LogP contribution in [-0.4, -0.2) is 5.51 Å². The molecule has 0 aliphatic rings. The maximum Gasteiger partial charge on any atom is 0.446 e. The minimum Gasteiger partial charge on any atom is -0.380 e. The summed E-state index contributed by atoms with van der Waals surface area (Å²) in [7, 11) is 0. The Hall–Kier alpha value is -1.69. The van der Waals surface area contributed by atoms with Crippen molar-refractivity contribution in [1.29, 1.82) is 0 Å². The molecule has 0 saturated heterocycles. The Bertz CT molecular complexity index is 583. The zero-order valence-corrected chi connectivity index (χ0v) is 11.1. The van der Waals surface area contributed by atoms with Crippen LogP contribution in [0.25, 0.3) is 0 Å². The molecule has 0 aliphatic heterocycles. The van der Waals surface area contributed by atoms with Crippen molar-refractivity contribution in [3.8, 4) is 0 Å². The predicted molar refractivity (Wildman–Crippen MR) is 72.1 cm³/mol. The van der Waals surface area contributed by atoms with Gasteiger partial charge in [-0.2, -0.15) is 13.2 Å². The monoisotopic (exact) mass is 301 g/mol. The number of halogens is 4. The van der Waals surface area contributed by atoms with Gasteiger partial charge in [0.1, 0.15) is 5.82 Å². The fraction of sp³-hybridized carbons (Fsp3) is 0.143. The van der Waals surface area contributed by atoms with Gasteiger partial charge in [0, 0.05) is 17.1 Å². The molecule has 0 fully saturated rings. The molecule has 0 unspecified atom stereocenters. The largest absolute Gasteiger partial charge is 0.446 e. The minimum atomic E-state index is -4.34. The van der Waals surface area contributed by atoms with Crippen LogP contribution in [0.2, 0.25) is 0 Å². The summed E-state index contributed by atoms with van der Waals surface area (Å²) in [4.78, 5) is 0.0939. The Morgan fingerprint density at radius 2 is 1.75 bits per heavy atom. The number of benzene rings is 2. The van der Waals surface area contributed by atoms with Crippen LogP contribution in [0.5, 0.6) is 0 Å². The first-order valence-electron chi connectivity index (χ1n) is 5.77. The van der Waals surface area contributed by atoms with E-state index in [9.17, 15) is 17.6 Å². The van der Waals surface area contributed by atoms with Gasteiger partial charge in [-0.05, 0) is 41.6 Å². The molecule has 6 heteroatoms. The summed E-state index contributed by atoms with van der Waals surface area (Å²) < 4.78 is 50.3. The normalized spacial score (nSPS) is 11.4. The smallest absolute Gasteiger partial charge is 0.380 e. The number of para-hydroxylation sites is 1. The number of alkyl halides is 3. The van der Waals surface area contributed by atoms with Crippen molar-refractivity contribution in [1.82, 2.24) is 0 Å². The topological polar surface area (TPSA) is 12.0 Å². The van der Waals surface area contributed by atoms with Crippen LogP contribution in [0, 0.1) is 5.82 Å². The zero-order valence-electron chi connectivity index (χ0n) is 10.2. The third kappa shape index (κ3) is 4.45. The molecule has 0 aromatic heterocycles. The highest BCUT2D eigenvalue weighted by atomic mass is 32.2. The van der Waals surface area contributed by atoms with Crippen LogP contribution in [-0.2, 0) is 6.54 Å². The van der Waals surface area contributed by atoms with Gasteiger partial charge in [0.15, 0.2) is 0 Å². The van der Waals surface area contributed by atoms with Crippen molar-refractivity contribution in [3.63, 3.8) is 0 Å². The van der Waals surface area contributed by atoms with E-state index in [1.54, 1.807) is 30.3 Å². The van der Waals surface area contributed by atoms with Gasteiger partial charge < -0.3 is 5.32 Å². The van der Waals surface area contributed by atoms with Crippen LogP contribution in [0.4, 0.5) is 23.2 Å². The number of hydrogen-bond donors (Lipinski definition) is 1. The Balaban J connectivity index is 2.09. The highest BCUT2D eigenvalue weighted by molar-refractivity contribution is 8.00. The van der Waals surface area contributed by atoms with Gasteiger partial charge in [0.25, 0.3) is 0 Å². The predicted octanol–water partition coefficient (Wildman–Crippen LogP) is 5.05. The van der Waals surface area contributed by atoms with E-state index in [2.05, 4.69) is 5.32 Å². The Kier molecular flexibility index (Phi) is 4.54. The lowest BCUT2D eigenvalue weighted by Gasteiger charge is -2.13. The van der Waals surface area contributed by atoms with E-state index in [4.69, 9.17) is 0 Å². The molecule has 0 aliphatic carbocycles. The molecule has 0 heterocycles. The quantitative estimate of drug-likeness (QED) is 0.626. The maximum absolute atomic E-state index is 13.0.